The van der Waals surface area contributed by atoms with Crippen LogP contribution in [-0.2, 0) is 0 Å². The topological polar surface area (TPSA) is 52.6 Å². The molecule has 1 amide bonds. The molecule has 4 nitrogen and oxygen atoms in total. The zero-order chi connectivity index (χ0) is 14.9. The first-order valence-electron chi connectivity index (χ1n) is 6.16. The van der Waals surface area contributed by atoms with Gasteiger partial charge in [-0.15, -0.1) is 0 Å². The van der Waals surface area contributed by atoms with Gasteiger partial charge in [0.05, 0.1) is 17.7 Å². The van der Waals surface area contributed by atoms with E-state index in [-0.39, 0.29) is 6.54 Å². The number of hydrogen-bond acceptors (Lipinski definition) is 3. The zero-order valence-electron chi connectivity index (χ0n) is 10.9. The molecule has 1 aromatic carbocycles. The molecule has 1 saturated heterocycles. The largest absolute Gasteiger partial charge is 0.387 e. The minimum Gasteiger partial charge on any atom is -0.387 e. The first-order chi connectivity index (χ1) is 9.34. The van der Waals surface area contributed by atoms with E-state index in [9.17, 15) is 23.1 Å². The van der Waals surface area contributed by atoms with Crippen LogP contribution in [0.25, 0.3) is 0 Å². The van der Waals surface area contributed by atoms with E-state index in [0.717, 1.165) is 11.0 Å². The summed E-state index contributed by atoms with van der Waals surface area (Å²) < 4.78 is 39.5. The van der Waals surface area contributed by atoms with Crippen LogP contribution in [-0.4, -0.2) is 48.2 Å². The molecule has 1 heterocycles. The van der Waals surface area contributed by atoms with Crippen LogP contribution >= 0.6 is 0 Å². The fourth-order valence-electron chi connectivity index (χ4n) is 2.28. The van der Waals surface area contributed by atoms with Gasteiger partial charge in [0.15, 0.2) is 17.5 Å². The lowest BCUT2D eigenvalue weighted by molar-refractivity contribution is 0.0250. The number of likely N-dealkylation sites (N-methyl/N-ethyl adjacent to an activating group) is 1. The van der Waals surface area contributed by atoms with Crippen molar-refractivity contribution in [2.45, 2.75) is 12.0 Å². The van der Waals surface area contributed by atoms with Gasteiger partial charge >= 0.3 is 0 Å². The molecular weight excluding hydrogens is 273 g/mol. The van der Waals surface area contributed by atoms with Crippen molar-refractivity contribution in [1.82, 2.24) is 10.2 Å². The van der Waals surface area contributed by atoms with Crippen LogP contribution in [0.15, 0.2) is 12.1 Å². The Labute approximate surface area is 114 Å². The van der Waals surface area contributed by atoms with Gasteiger partial charge < -0.3 is 15.3 Å². The Bertz CT molecular complexity index is 531. The first kappa shape index (κ1) is 14.8. The lowest BCUT2D eigenvalue weighted by atomic mass is 10.0. The number of β-amino-alcohol motifs (C(OH)–C–C–N with tert-alkyl or cyclic N) is 1. The fourth-order valence-corrected chi connectivity index (χ4v) is 2.28. The van der Waals surface area contributed by atoms with Gasteiger partial charge in [0, 0.05) is 13.6 Å². The number of carbonyl (C=O) groups excluding carboxylic acids is 1. The van der Waals surface area contributed by atoms with E-state index < -0.39 is 34.5 Å². The number of aliphatic hydroxyl groups is 1. The molecule has 0 radical (unpaired) electrons. The summed E-state index contributed by atoms with van der Waals surface area (Å²) in [4.78, 5) is 13.1. The molecule has 110 valence electrons. The highest BCUT2D eigenvalue weighted by molar-refractivity contribution is 5.94. The van der Waals surface area contributed by atoms with E-state index in [1.807, 2.05) is 0 Å². The maximum atomic E-state index is 13.5. The van der Waals surface area contributed by atoms with Crippen LogP contribution in [0.5, 0.6) is 0 Å². The van der Waals surface area contributed by atoms with Gasteiger partial charge in [0.25, 0.3) is 5.91 Å². The Morgan fingerprint density at radius 3 is 2.70 bits per heavy atom. The number of nitrogens with zero attached hydrogens (tertiary/aromatic N) is 1. The first-order valence-corrected chi connectivity index (χ1v) is 6.16. The average Bonchev–Trinajstić information content (AvgIpc) is 2.82. The van der Waals surface area contributed by atoms with Gasteiger partial charge in [-0.2, -0.15) is 0 Å². The highest BCUT2D eigenvalue weighted by Gasteiger charge is 2.34. The second-order valence-electron chi connectivity index (χ2n) is 5.04. The Morgan fingerprint density at radius 2 is 2.10 bits per heavy atom. The van der Waals surface area contributed by atoms with Gasteiger partial charge in [0.1, 0.15) is 0 Å². The molecule has 2 rings (SSSR count). The molecule has 2 N–H and O–H groups in total. The number of nitrogens with one attached hydrogen (secondary N) is 1. The molecule has 0 saturated carbocycles. The van der Waals surface area contributed by atoms with Crippen LogP contribution in [0.4, 0.5) is 13.2 Å². The summed E-state index contributed by atoms with van der Waals surface area (Å²) in [6.45, 7) is 0.931. The summed E-state index contributed by atoms with van der Waals surface area (Å²) >= 11 is 0. The summed E-state index contributed by atoms with van der Waals surface area (Å²) in [5.74, 6) is -5.34. The second-order valence-corrected chi connectivity index (χ2v) is 5.04. The predicted molar refractivity (Wildman–Crippen MR) is 65.7 cm³/mol. The molecule has 1 aliphatic rings. The normalized spacial score (nSPS) is 22.1. The van der Waals surface area contributed by atoms with E-state index in [2.05, 4.69) is 5.32 Å². The molecule has 1 fully saturated rings. The van der Waals surface area contributed by atoms with Crippen LogP contribution in [0, 0.1) is 17.5 Å². The third kappa shape index (κ3) is 2.78. The molecule has 1 unspecified atom stereocenters. The van der Waals surface area contributed by atoms with E-state index in [1.165, 1.54) is 7.05 Å². The summed E-state index contributed by atoms with van der Waals surface area (Å²) in [5.41, 5.74) is -1.64. The Hall–Kier alpha value is -1.60. The third-order valence-corrected chi connectivity index (χ3v) is 3.36. The summed E-state index contributed by atoms with van der Waals surface area (Å²) in [6, 6.07) is 1.59. The van der Waals surface area contributed by atoms with E-state index in [0.29, 0.717) is 25.6 Å². The number of hydrogen-bond donors (Lipinski definition) is 2. The molecule has 1 aliphatic heterocycles. The lowest BCUT2D eigenvalue weighted by Crippen LogP contribution is -2.45. The quantitative estimate of drug-likeness (QED) is 0.813. The Morgan fingerprint density at radius 1 is 1.40 bits per heavy atom. The van der Waals surface area contributed by atoms with Gasteiger partial charge in [-0.25, -0.2) is 13.2 Å². The number of carbonyl (C=O) groups is 1. The maximum absolute atomic E-state index is 13.5. The van der Waals surface area contributed by atoms with Crippen molar-refractivity contribution < 1.29 is 23.1 Å². The van der Waals surface area contributed by atoms with Crippen LogP contribution < -0.4 is 5.32 Å². The summed E-state index contributed by atoms with van der Waals surface area (Å²) in [6.07, 6.45) is 0.463. The molecule has 20 heavy (non-hydrogen) atoms. The molecule has 1 aromatic rings. The van der Waals surface area contributed by atoms with Crippen LogP contribution in [0.2, 0.25) is 0 Å². The number of amides is 1. The minimum atomic E-state index is -1.68. The Balaban J connectivity index is 2.17. The van der Waals surface area contributed by atoms with Crippen molar-refractivity contribution in [2.24, 2.45) is 0 Å². The average molecular weight is 288 g/mol. The molecule has 1 atom stereocenters. The maximum Gasteiger partial charge on any atom is 0.256 e. The van der Waals surface area contributed by atoms with E-state index >= 15 is 0 Å². The van der Waals surface area contributed by atoms with E-state index in [1.54, 1.807) is 0 Å². The summed E-state index contributed by atoms with van der Waals surface area (Å²) in [5, 5.41) is 13.1. The second kappa shape index (κ2) is 5.41. The lowest BCUT2D eigenvalue weighted by Gasteiger charge is -2.28. The number of halogens is 3. The highest BCUT2D eigenvalue weighted by atomic mass is 19.2. The van der Waals surface area contributed by atoms with Gasteiger partial charge in [-0.3, -0.25) is 4.79 Å². The van der Waals surface area contributed by atoms with Crippen LogP contribution in [0.3, 0.4) is 0 Å². The monoisotopic (exact) mass is 288 g/mol. The molecule has 0 aromatic heterocycles. The third-order valence-electron chi connectivity index (χ3n) is 3.36. The predicted octanol–water partition coefficient (Wildman–Crippen LogP) is 0.900. The summed E-state index contributed by atoms with van der Waals surface area (Å²) in [7, 11) is 1.37. The smallest absolute Gasteiger partial charge is 0.256 e. The molecular formula is C13H15F3N2O2. The number of benzene rings is 1. The van der Waals surface area contributed by atoms with Gasteiger partial charge in [0.2, 0.25) is 0 Å². The molecule has 0 bridgehead atoms. The minimum absolute atomic E-state index is 0.0166. The standard InChI is InChI=1S/C13H15F3N2O2/c1-18(7-13(20)4-5-17-6-13)12(19)8-2-3-9(14)11(16)10(8)15/h2-3,17,20H,4-7H2,1H3. The molecule has 0 spiro atoms. The van der Waals surface area contributed by atoms with Crippen molar-refractivity contribution in [3.63, 3.8) is 0 Å². The van der Waals surface area contributed by atoms with Crippen molar-refractivity contribution in [3.05, 3.63) is 35.1 Å². The number of rotatable bonds is 3. The fraction of sp³-hybridized carbons (Fsp3) is 0.462. The van der Waals surface area contributed by atoms with E-state index in [4.69, 9.17) is 0 Å². The highest BCUT2D eigenvalue weighted by Crippen LogP contribution is 2.19. The zero-order valence-corrected chi connectivity index (χ0v) is 10.9. The van der Waals surface area contributed by atoms with Gasteiger partial charge in [-0.05, 0) is 25.1 Å². The molecule has 0 aliphatic carbocycles. The molecule has 7 heteroatoms. The van der Waals surface area contributed by atoms with Crippen molar-refractivity contribution in [3.8, 4) is 0 Å². The Kier molecular flexibility index (Phi) is 4.01. The van der Waals surface area contributed by atoms with Crippen molar-refractivity contribution >= 4 is 5.91 Å². The van der Waals surface area contributed by atoms with Gasteiger partial charge in [-0.1, -0.05) is 0 Å². The SMILES string of the molecule is CN(CC1(O)CCNC1)C(=O)c1ccc(F)c(F)c1F. The van der Waals surface area contributed by atoms with Crippen molar-refractivity contribution in [1.29, 1.82) is 0 Å². The van der Waals surface area contributed by atoms with Crippen molar-refractivity contribution in [2.75, 3.05) is 26.7 Å². The van der Waals surface area contributed by atoms with Crippen LogP contribution in [0.1, 0.15) is 16.8 Å².